The molecular weight excluding hydrogens is 693 g/mol. The van der Waals surface area contributed by atoms with Gasteiger partial charge in [-0.05, 0) is 43.3 Å². The zero-order chi connectivity index (χ0) is 35.1. The first-order valence-corrected chi connectivity index (χ1v) is 19.6. The highest BCUT2D eigenvalue weighted by Gasteiger charge is 2.26. The summed E-state index contributed by atoms with van der Waals surface area (Å²) >= 11 is 0. The molecule has 6 N–H and O–H groups in total. The largest absolute Gasteiger partial charge is 0.481 e. The summed E-state index contributed by atoms with van der Waals surface area (Å²) in [6.45, 7) is 1.86. The van der Waals surface area contributed by atoms with Crippen molar-refractivity contribution in [2.45, 2.75) is 29.6 Å². The van der Waals surface area contributed by atoms with Crippen LogP contribution in [0.5, 0.6) is 0 Å². The van der Waals surface area contributed by atoms with E-state index in [0.717, 1.165) is 30.4 Å². The van der Waals surface area contributed by atoms with E-state index in [1.807, 2.05) is 0 Å². The average molecular weight is 725 g/mol. The topological polar surface area (TPSA) is 269 Å². The monoisotopic (exact) mass is 724 g/mol. The van der Waals surface area contributed by atoms with Crippen LogP contribution >= 0.6 is 0 Å². The lowest BCUT2D eigenvalue weighted by Crippen LogP contribution is -2.18. The van der Waals surface area contributed by atoms with Gasteiger partial charge in [0.15, 0.2) is 0 Å². The van der Waals surface area contributed by atoms with E-state index in [0.29, 0.717) is 0 Å². The number of fused-ring (bicyclic) bond motifs is 2. The Kier molecular flexibility index (Phi) is 12.3. The van der Waals surface area contributed by atoms with Crippen LogP contribution in [0.3, 0.4) is 0 Å². The van der Waals surface area contributed by atoms with Crippen LogP contribution in [0, 0.1) is 0 Å². The Morgan fingerprint density at radius 1 is 0.761 bits per heavy atom. The molecule has 0 atom stereocenters. The molecule has 46 heavy (non-hydrogen) atoms. The molecule has 0 aromatic heterocycles. The van der Waals surface area contributed by atoms with Crippen LogP contribution in [-0.2, 0) is 54.0 Å². The standard InChI is InChI=1S/C13H16N2O6S2.C11H12N2O6S2.CH4O/c1-3-21-13(16)7-10-8-23(19,20)12-6-9(15-22(2,17)18)4-5-11(12)14-10;1-20(16,17)13-7-2-3-9-10(4-7)21(18,19)6-8(12-9)5-11(14)15;1-2/h4-6,8,14-15H,3,7H2,1-2H3;2-4,6,12-13H,5H2,1H3,(H,14,15);2H,1H3. The third kappa shape index (κ3) is 11.3. The van der Waals surface area contributed by atoms with Crippen LogP contribution in [0.25, 0.3) is 0 Å². The summed E-state index contributed by atoms with van der Waals surface area (Å²) < 4.78 is 103. The third-order valence-corrected chi connectivity index (χ3v) is 9.65. The molecule has 2 aliphatic heterocycles. The van der Waals surface area contributed by atoms with Crippen molar-refractivity contribution in [3.05, 3.63) is 58.6 Å². The maximum Gasteiger partial charge on any atom is 0.311 e. The Bertz CT molecular complexity index is 2000. The lowest BCUT2D eigenvalue weighted by Gasteiger charge is -2.20. The molecule has 2 aromatic carbocycles. The molecule has 0 bridgehead atoms. The van der Waals surface area contributed by atoms with E-state index in [1.54, 1.807) is 6.92 Å². The van der Waals surface area contributed by atoms with Crippen molar-refractivity contribution < 1.29 is 58.2 Å². The van der Waals surface area contributed by atoms with Gasteiger partial charge in [0.05, 0.1) is 63.9 Å². The van der Waals surface area contributed by atoms with Gasteiger partial charge < -0.3 is 25.6 Å². The first-order valence-electron chi connectivity index (χ1n) is 12.7. The minimum atomic E-state index is -3.84. The second-order valence-electron chi connectivity index (χ2n) is 9.35. The van der Waals surface area contributed by atoms with Crippen molar-refractivity contribution >= 4 is 74.4 Å². The number of rotatable bonds is 9. The summed E-state index contributed by atoms with van der Waals surface area (Å²) in [6.07, 6.45) is 1.26. The van der Waals surface area contributed by atoms with Crippen molar-refractivity contribution in [3.63, 3.8) is 0 Å². The van der Waals surface area contributed by atoms with Crippen molar-refractivity contribution in [2.24, 2.45) is 0 Å². The first kappa shape index (κ1) is 38.0. The van der Waals surface area contributed by atoms with Crippen LogP contribution in [-0.4, -0.2) is 82.1 Å². The van der Waals surface area contributed by atoms with Crippen molar-refractivity contribution in [3.8, 4) is 0 Å². The Morgan fingerprint density at radius 2 is 1.15 bits per heavy atom. The highest BCUT2D eigenvalue weighted by molar-refractivity contribution is 7.95. The zero-order valence-electron chi connectivity index (χ0n) is 24.8. The Hall–Kier alpha value is -4.18. The lowest BCUT2D eigenvalue weighted by molar-refractivity contribution is -0.142. The molecule has 0 saturated carbocycles. The number of carbonyl (C=O) groups is 2. The summed E-state index contributed by atoms with van der Waals surface area (Å²) in [5.74, 6) is -1.71. The maximum atomic E-state index is 12.3. The van der Waals surface area contributed by atoms with Crippen molar-refractivity contribution in [2.75, 3.05) is 46.3 Å². The number of sulfone groups is 2. The van der Waals surface area contributed by atoms with Gasteiger partial charge in [0.1, 0.15) is 0 Å². The summed E-state index contributed by atoms with van der Waals surface area (Å²) in [6, 6.07) is 8.00. The molecule has 4 rings (SSSR count). The number of esters is 1. The molecule has 0 radical (unpaired) electrons. The smallest absolute Gasteiger partial charge is 0.311 e. The number of sulfonamides is 2. The van der Waals surface area contributed by atoms with Crippen LogP contribution in [0.1, 0.15) is 19.8 Å². The number of aliphatic hydroxyl groups is 1. The molecule has 2 aromatic rings. The number of anilines is 4. The van der Waals surface area contributed by atoms with Gasteiger partial charge in [0.25, 0.3) is 0 Å². The molecule has 2 heterocycles. The fraction of sp³-hybridized carbons (Fsp3) is 0.280. The van der Waals surface area contributed by atoms with Gasteiger partial charge in [-0.15, -0.1) is 0 Å². The number of aliphatic carboxylic acids is 1. The minimum Gasteiger partial charge on any atom is -0.481 e. The minimum absolute atomic E-state index is 0.0406. The number of benzene rings is 2. The molecular formula is C25H32N4O13S4. The number of hydrogen-bond donors (Lipinski definition) is 6. The molecule has 2 aliphatic rings. The van der Waals surface area contributed by atoms with Crippen LogP contribution < -0.4 is 20.1 Å². The molecule has 0 spiro atoms. The molecule has 0 aliphatic carbocycles. The molecule has 0 amide bonds. The van der Waals surface area contributed by atoms with E-state index >= 15 is 0 Å². The number of ether oxygens (including phenoxy) is 1. The number of nitrogens with one attached hydrogen (secondary N) is 4. The second kappa shape index (κ2) is 14.9. The molecule has 21 heteroatoms. The number of aliphatic hydroxyl groups excluding tert-OH is 1. The zero-order valence-corrected chi connectivity index (χ0v) is 28.0. The summed E-state index contributed by atoms with van der Waals surface area (Å²) in [5.41, 5.74) is 0.952. The van der Waals surface area contributed by atoms with E-state index in [2.05, 4.69) is 20.1 Å². The SMILES string of the molecule is CCOC(=O)CC1=CS(=O)(=O)c2cc(NS(C)(=O)=O)ccc2N1.CO.CS(=O)(=O)Nc1ccc2c(c1)S(=O)(=O)C=C(CC(=O)O)N2. The van der Waals surface area contributed by atoms with E-state index in [4.69, 9.17) is 14.9 Å². The van der Waals surface area contributed by atoms with Crippen LogP contribution in [0.2, 0.25) is 0 Å². The van der Waals surface area contributed by atoms with Crippen molar-refractivity contribution in [1.29, 1.82) is 0 Å². The van der Waals surface area contributed by atoms with Gasteiger partial charge in [0.2, 0.25) is 39.7 Å². The Balaban J connectivity index is 0.000000305. The molecule has 17 nitrogen and oxygen atoms in total. The normalized spacial score (nSPS) is 15.5. The highest BCUT2D eigenvalue weighted by atomic mass is 32.2. The predicted octanol–water partition coefficient (Wildman–Crippen LogP) is 1.23. The summed E-state index contributed by atoms with van der Waals surface area (Å²) in [7, 11) is -13.7. The number of carbonyl (C=O) groups excluding carboxylic acids is 1. The van der Waals surface area contributed by atoms with Gasteiger partial charge >= 0.3 is 11.9 Å². The molecule has 0 unspecified atom stereocenters. The van der Waals surface area contributed by atoms with Crippen LogP contribution in [0.4, 0.5) is 22.7 Å². The molecule has 0 saturated heterocycles. The second-order valence-corrected chi connectivity index (χ2v) is 16.4. The van der Waals surface area contributed by atoms with Gasteiger partial charge in [-0.3, -0.25) is 19.0 Å². The van der Waals surface area contributed by atoms with E-state index in [-0.39, 0.29) is 57.0 Å². The third-order valence-electron chi connectivity index (χ3n) is 5.35. The fourth-order valence-corrected chi connectivity index (χ4v) is 7.72. The maximum absolute atomic E-state index is 12.3. The van der Waals surface area contributed by atoms with Gasteiger partial charge in [-0.1, -0.05) is 0 Å². The van der Waals surface area contributed by atoms with Gasteiger partial charge in [-0.25, -0.2) is 33.7 Å². The first-order chi connectivity index (χ1) is 21.2. The molecule has 254 valence electrons. The van der Waals surface area contributed by atoms with Crippen LogP contribution in [0.15, 0.2) is 68.4 Å². The molecule has 0 fully saturated rings. The summed E-state index contributed by atoms with van der Waals surface area (Å²) in [4.78, 5) is 21.9. The van der Waals surface area contributed by atoms with E-state index in [9.17, 15) is 43.3 Å². The van der Waals surface area contributed by atoms with Gasteiger partial charge in [0, 0.05) is 29.9 Å². The quantitative estimate of drug-likeness (QED) is 0.199. The fourth-order valence-electron chi connectivity index (χ4n) is 3.89. The Labute approximate surface area is 266 Å². The number of carboxylic acids is 1. The number of carboxylic acid groups (broad SMARTS) is 1. The van der Waals surface area contributed by atoms with E-state index < -0.39 is 58.1 Å². The van der Waals surface area contributed by atoms with Crippen molar-refractivity contribution in [1.82, 2.24) is 0 Å². The Morgan fingerprint density at radius 3 is 1.50 bits per heavy atom. The lowest BCUT2D eigenvalue weighted by atomic mass is 10.2. The number of hydrogen-bond acceptors (Lipinski definition) is 14. The van der Waals surface area contributed by atoms with E-state index in [1.165, 1.54) is 36.4 Å². The average Bonchev–Trinajstić information content (AvgIpc) is 2.88. The highest BCUT2D eigenvalue weighted by Crippen LogP contribution is 2.34. The van der Waals surface area contributed by atoms with Gasteiger partial charge in [-0.2, -0.15) is 0 Å². The summed E-state index contributed by atoms with van der Waals surface area (Å²) in [5, 5.41) is 23.0. The predicted molar refractivity (Wildman–Crippen MR) is 169 cm³/mol.